The predicted molar refractivity (Wildman–Crippen MR) is 81.9 cm³/mol. The van der Waals surface area contributed by atoms with Crippen LogP contribution in [0.5, 0.6) is 11.5 Å². The summed E-state index contributed by atoms with van der Waals surface area (Å²) in [4.78, 5) is 14.8. The van der Waals surface area contributed by atoms with Crippen molar-refractivity contribution in [2.24, 2.45) is 5.73 Å². The number of rotatable bonds is 5. The summed E-state index contributed by atoms with van der Waals surface area (Å²) in [5.74, 6) is 1.25. The first kappa shape index (κ1) is 15.6. The van der Waals surface area contributed by atoms with E-state index in [9.17, 15) is 4.79 Å². The van der Waals surface area contributed by atoms with E-state index in [0.717, 1.165) is 32.2 Å². The topological polar surface area (TPSA) is 64.8 Å². The van der Waals surface area contributed by atoms with Gasteiger partial charge in [0.05, 0.1) is 19.8 Å². The highest BCUT2D eigenvalue weighted by molar-refractivity contribution is 5.97. The van der Waals surface area contributed by atoms with E-state index < -0.39 is 0 Å². The van der Waals surface area contributed by atoms with Crippen LogP contribution in [0.1, 0.15) is 36.0 Å². The van der Waals surface area contributed by atoms with Crippen molar-refractivity contribution in [2.45, 2.75) is 31.7 Å². The summed E-state index contributed by atoms with van der Waals surface area (Å²) in [6, 6.07) is 5.55. The van der Waals surface area contributed by atoms with Gasteiger partial charge in [-0.05, 0) is 44.4 Å². The van der Waals surface area contributed by atoms with Crippen molar-refractivity contribution in [1.29, 1.82) is 0 Å². The van der Waals surface area contributed by atoms with Crippen LogP contribution in [0.2, 0.25) is 0 Å². The standard InChI is InChI=1S/C16H24N2O3/c1-20-13-6-7-14(15(11-13)21-2)16(19)18-10-4-3-5-12(18)8-9-17/h6-7,11-12H,3-5,8-10,17H2,1-2H3. The first-order chi connectivity index (χ1) is 10.2. The molecule has 1 fully saturated rings. The molecular formula is C16H24N2O3. The predicted octanol–water partition coefficient (Wildman–Crippen LogP) is 2.05. The van der Waals surface area contributed by atoms with Crippen LogP contribution in [0.15, 0.2) is 18.2 Å². The number of hydrogen-bond acceptors (Lipinski definition) is 4. The Morgan fingerprint density at radius 2 is 2.14 bits per heavy atom. The monoisotopic (exact) mass is 292 g/mol. The lowest BCUT2D eigenvalue weighted by Gasteiger charge is -2.36. The molecule has 0 saturated carbocycles. The van der Waals surface area contributed by atoms with Gasteiger partial charge >= 0.3 is 0 Å². The van der Waals surface area contributed by atoms with Gasteiger partial charge in [0.15, 0.2) is 0 Å². The summed E-state index contributed by atoms with van der Waals surface area (Å²) in [7, 11) is 3.16. The maximum Gasteiger partial charge on any atom is 0.257 e. The zero-order chi connectivity index (χ0) is 15.2. The molecular weight excluding hydrogens is 268 g/mol. The molecule has 0 spiro atoms. The van der Waals surface area contributed by atoms with Crippen molar-refractivity contribution >= 4 is 5.91 Å². The van der Waals surface area contributed by atoms with Crippen LogP contribution < -0.4 is 15.2 Å². The van der Waals surface area contributed by atoms with Gasteiger partial charge in [-0.25, -0.2) is 0 Å². The fraction of sp³-hybridized carbons (Fsp3) is 0.562. The molecule has 1 atom stereocenters. The third-order valence-corrected chi connectivity index (χ3v) is 4.03. The molecule has 1 heterocycles. The Kier molecular flexibility index (Phi) is 5.44. The van der Waals surface area contributed by atoms with Crippen molar-refractivity contribution in [3.8, 4) is 11.5 Å². The molecule has 1 aromatic carbocycles. The molecule has 0 radical (unpaired) electrons. The highest BCUT2D eigenvalue weighted by Gasteiger charge is 2.28. The Balaban J connectivity index is 2.25. The molecule has 1 aliphatic heterocycles. The van der Waals surface area contributed by atoms with Crippen LogP contribution in [0.3, 0.4) is 0 Å². The fourth-order valence-electron chi connectivity index (χ4n) is 2.89. The van der Waals surface area contributed by atoms with E-state index in [-0.39, 0.29) is 11.9 Å². The van der Waals surface area contributed by atoms with Gasteiger partial charge in [-0.2, -0.15) is 0 Å². The van der Waals surface area contributed by atoms with E-state index >= 15 is 0 Å². The Morgan fingerprint density at radius 3 is 2.81 bits per heavy atom. The van der Waals surface area contributed by atoms with Crippen LogP contribution in [-0.4, -0.2) is 44.2 Å². The average Bonchev–Trinajstić information content (AvgIpc) is 2.54. The lowest BCUT2D eigenvalue weighted by atomic mass is 9.98. The number of nitrogens with zero attached hydrogens (tertiary/aromatic N) is 1. The van der Waals surface area contributed by atoms with Gasteiger partial charge < -0.3 is 20.1 Å². The highest BCUT2D eigenvalue weighted by atomic mass is 16.5. The van der Waals surface area contributed by atoms with Gasteiger partial charge in [0.25, 0.3) is 5.91 Å². The van der Waals surface area contributed by atoms with E-state index in [2.05, 4.69) is 0 Å². The fourth-order valence-corrected chi connectivity index (χ4v) is 2.89. The molecule has 0 bridgehead atoms. The second-order valence-electron chi connectivity index (χ2n) is 5.29. The van der Waals surface area contributed by atoms with Crippen molar-refractivity contribution < 1.29 is 14.3 Å². The summed E-state index contributed by atoms with van der Waals surface area (Å²) < 4.78 is 10.5. The lowest BCUT2D eigenvalue weighted by Crippen LogP contribution is -2.44. The van der Waals surface area contributed by atoms with Gasteiger partial charge in [0, 0.05) is 18.7 Å². The quantitative estimate of drug-likeness (QED) is 0.902. The maximum atomic E-state index is 12.8. The molecule has 1 unspecified atom stereocenters. The molecule has 1 saturated heterocycles. The summed E-state index contributed by atoms with van der Waals surface area (Å²) in [6.45, 7) is 1.40. The van der Waals surface area contributed by atoms with E-state index in [4.69, 9.17) is 15.2 Å². The average molecular weight is 292 g/mol. The first-order valence-corrected chi connectivity index (χ1v) is 7.44. The largest absolute Gasteiger partial charge is 0.497 e. The van der Waals surface area contributed by atoms with E-state index in [1.165, 1.54) is 0 Å². The smallest absolute Gasteiger partial charge is 0.257 e. The third kappa shape index (κ3) is 3.47. The second kappa shape index (κ2) is 7.31. The summed E-state index contributed by atoms with van der Waals surface area (Å²) >= 11 is 0. The zero-order valence-corrected chi connectivity index (χ0v) is 12.8. The summed E-state index contributed by atoms with van der Waals surface area (Å²) in [5.41, 5.74) is 6.26. The number of ether oxygens (including phenoxy) is 2. The number of carbonyl (C=O) groups is 1. The summed E-state index contributed by atoms with van der Waals surface area (Å²) in [6.07, 6.45) is 4.09. The first-order valence-electron chi connectivity index (χ1n) is 7.44. The second-order valence-corrected chi connectivity index (χ2v) is 5.29. The van der Waals surface area contributed by atoms with E-state index in [1.807, 2.05) is 4.90 Å². The molecule has 21 heavy (non-hydrogen) atoms. The molecule has 1 amide bonds. The van der Waals surface area contributed by atoms with Gasteiger partial charge in [0.2, 0.25) is 0 Å². The van der Waals surface area contributed by atoms with Gasteiger partial charge in [0.1, 0.15) is 11.5 Å². The Morgan fingerprint density at radius 1 is 1.33 bits per heavy atom. The number of amides is 1. The normalized spacial score (nSPS) is 18.4. The maximum absolute atomic E-state index is 12.8. The van der Waals surface area contributed by atoms with Crippen LogP contribution in [0.25, 0.3) is 0 Å². The van der Waals surface area contributed by atoms with Crippen LogP contribution >= 0.6 is 0 Å². The minimum absolute atomic E-state index is 0.0210. The van der Waals surface area contributed by atoms with Gasteiger partial charge in [-0.15, -0.1) is 0 Å². The van der Waals surface area contributed by atoms with Gasteiger partial charge in [-0.3, -0.25) is 4.79 Å². The number of hydrogen-bond donors (Lipinski definition) is 1. The number of likely N-dealkylation sites (tertiary alicyclic amines) is 1. The molecule has 5 heteroatoms. The number of nitrogens with two attached hydrogens (primary N) is 1. The molecule has 116 valence electrons. The SMILES string of the molecule is COc1ccc(C(=O)N2CCCCC2CCN)c(OC)c1. The Bertz CT molecular complexity index is 488. The van der Waals surface area contributed by atoms with Crippen molar-refractivity contribution in [3.63, 3.8) is 0 Å². The number of methoxy groups -OCH3 is 2. The number of benzene rings is 1. The van der Waals surface area contributed by atoms with Crippen molar-refractivity contribution in [1.82, 2.24) is 4.90 Å². The van der Waals surface area contributed by atoms with E-state index in [1.54, 1.807) is 32.4 Å². The number of piperidine rings is 1. The Labute approximate surface area is 126 Å². The lowest BCUT2D eigenvalue weighted by molar-refractivity contribution is 0.0601. The van der Waals surface area contributed by atoms with Crippen LogP contribution in [-0.2, 0) is 0 Å². The Hall–Kier alpha value is -1.75. The van der Waals surface area contributed by atoms with Crippen molar-refractivity contribution in [2.75, 3.05) is 27.3 Å². The molecule has 1 aromatic rings. The molecule has 2 rings (SSSR count). The molecule has 0 aliphatic carbocycles. The van der Waals surface area contributed by atoms with Crippen molar-refractivity contribution in [3.05, 3.63) is 23.8 Å². The van der Waals surface area contributed by atoms with Crippen LogP contribution in [0.4, 0.5) is 0 Å². The molecule has 2 N–H and O–H groups in total. The molecule has 1 aliphatic rings. The highest BCUT2D eigenvalue weighted by Crippen LogP contribution is 2.28. The third-order valence-electron chi connectivity index (χ3n) is 4.03. The minimum atomic E-state index is 0.0210. The molecule has 5 nitrogen and oxygen atoms in total. The zero-order valence-electron chi connectivity index (χ0n) is 12.8. The summed E-state index contributed by atoms with van der Waals surface area (Å²) in [5, 5.41) is 0. The van der Waals surface area contributed by atoms with Crippen LogP contribution in [0, 0.1) is 0 Å². The number of carbonyl (C=O) groups excluding carboxylic acids is 1. The van der Waals surface area contributed by atoms with E-state index in [0.29, 0.717) is 23.6 Å². The van der Waals surface area contributed by atoms with Gasteiger partial charge in [-0.1, -0.05) is 0 Å². The minimum Gasteiger partial charge on any atom is -0.497 e. The molecule has 0 aromatic heterocycles.